The zero-order valence-corrected chi connectivity index (χ0v) is 13.3. The van der Waals surface area contributed by atoms with Crippen LogP contribution in [0.25, 0.3) is 0 Å². The van der Waals surface area contributed by atoms with Crippen LogP contribution in [0.5, 0.6) is 0 Å². The monoisotopic (exact) mass is 332 g/mol. The third-order valence-corrected chi connectivity index (χ3v) is 3.53. The molecule has 0 aliphatic heterocycles. The Kier molecular flexibility index (Phi) is 5.73. The Bertz CT molecular complexity index is 704. The van der Waals surface area contributed by atoms with Crippen molar-refractivity contribution < 1.29 is 14.7 Å². The molecule has 1 unspecified atom stereocenters. The summed E-state index contributed by atoms with van der Waals surface area (Å²) in [5, 5.41) is 15.6. The van der Waals surface area contributed by atoms with Crippen LogP contribution < -0.4 is 10.6 Å². The highest BCUT2D eigenvalue weighted by molar-refractivity contribution is 6.31. The third-order valence-electron chi connectivity index (χ3n) is 3.29. The number of aliphatic hydroxyl groups excluding tert-OH is 1. The Labute approximate surface area is 139 Å². The van der Waals surface area contributed by atoms with E-state index in [1.54, 1.807) is 36.4 Å². The average molecular weight is 333 g/mol. The number of halogens is 1. The summed E-state index contributed by atoms with van der Waals surface area (Å²) in [5.74, 6) is -0.750. The Morgan fingerprint density at radius 1 is 1.17 bits per heavy atom. The van der Waals surface area contributed by atoms with Crippen molar-refractivity contribution >= 4 is 29.1 Å². The van der Waals surface area contributed by atoms with Crippen LogP contribution in [0.2, 0.25) is 5.02 Å². The topological polar surface area (TPSA) is 78.4 Å². The van der Waals surface area contributed by atoms with Crippen LogP contribution in [0.15, 0.2) is 48.5 Å². The quantitative estimate of drug-likeness (QED) is 0.787. The molecule has 6 heteroatoms. The molecule has 0 bridgehead atoms. The van der Waals surface area contributed by atoms with Gasteiger partial charge in [-0.3, -0.25) is 9.59 Å². The number of hydrogen-bond acceptors (Lipinski definition) is 3. The molecule has 0 aliphatic rings. The SMILES string of the molecule is CNC(=O)c1cc(Cl)ccc1NC(=O)CC(O)c1ccccc1. The summed E-state index contributed by atoms with van der Waals surface area (Å²) in [6.07, 6.45) is -1.02. The molecule has 0 saturated carbocycles. The Hall–Kier alpha value is -2.37. The van der Waals surface area contributed by atoms with Gasteiger partial charge in [0.1, 0.15) is 0 Å². The van der Waals surface area contributed by atoms with Crippen LogP contribution in [0.1, 0.15) is 28.4 Å². The second-order valence-electron chi connectivity index (χ2n) is 4.95. The van der Waals surface area contributed by atoms with Gasteiger partial charge >= 0.3 is 0 Å². The standard InChI is InChI=1S/C17H17ClN2O3/c1-19-17(23)13-9-12(18)7-8-14(13)20-16(22)10-15(21)11-5-3-2-4-6-11/h2-9,15,21H,10H2,1H3,(H,19,23)(H,20,22). The fourth-order valence-electron chi connectivity index (χ4n) is 2.12. The highest BCUT2D eigenvalue weighted by atomic mass is 35.5. The van der Waals surface area contributed by atoms with Gasteiger partial charge in [0.2, 0.25) is 5.91 Å². The maximum Gasteiger partial charge on any atom is 0.253 e. The number of carbonyl (C=O) groups is 2. The van der Waals surface area contributed by atoms with Gasteiger partial charge in [0.05, 0.1) is 23.8 Å². The lowest BCUT2D eigenvalue weighted by Crippen LogP contribution is -2.22. The van der Waals surface area contributed by atoms with Gasteiger partial charge in [-0.15, -0.1) is 0 Å². The number of benzene rings is 2. The lowest BCUT2D eigenvalue weighted by atomic mass is 10.1. The smallest absolute Gasteiger partial charge is 0.253 e. The predicted molar refractivity (Wildman–Crippen MR) is 89.5 cm³/mol. The summed E-state index contributed by atoms with van der Waals surface area (Å²) in [4.78, 5) is 23.9. The molecule has 5 nitrogen and oxygen atoms in total. The van der Waals surface area contributed by atoms with Gasteiger partial charge in [-0.1, -0.05) is 41.9 Å². The normalized spacial score (nSPS) is 11.6. The van der Waals surface area contributed by atoms with Gasteiger partial charge in [-0.05, 0) is 23.8 Å². The molecule has 23 heavy (non-hydrogen) atoms. The molecule has 0 radical (unpaired) electrons. The average Bonchev–Trinajstić information content (AvgIpc) is 2.56. The molecule has 120 valence electrons. The molecular weight excluding hydrogens is 316 g/mol. The van der Waals surface area contributed by atoms with Gasteiger partial charge in [0.15, 0.2) is 0 Å². The molecular formula is C17H17ClN2O3. The number of aliphatic hydroxyl groups is 1. The molecule has 2 aromatic carbocycles. The van der Waals surface area contributed by atoms with E-state index < -0.39 is 12.0 Å². The van der Waals surface area contributed by atoms with E-state index in [2.05, 4.69) is 10.6 Å². The third kappa shape index (κ3) is 4.55. The van der Waals surface area contributed by atoms with Crippen molar-refractivity contribution in [2.24, 2.45) is 0 Å². The lowest BCUT2D eigenvalue weighted by Gasteiger charge is -2.13. The van der Waals surface area contributed by atoms with E-state index in [1.807, 2.05) is 6.07 Å². The first-order valence-corrected chi connectivity index (χ1v) is 7.43. The van der Waals surface area contributed by atoms with E-state index >= 15 is 0 Å². The van der Waals surface area contributed by atoms with Crippen molar-refractivity contribution in [3.8, 4) is 0 Å². The van der Waals surface area contributed by atoms with Crippen molar-refractivity contribution in [3.63, 3.8) is 0 Å². The molecule has 2 rings (SSSR count). The fraction of sp³-hybridized carbons (Fsp3) is 0.176. The molecule has 1 atom stereocenters. The molecule has 0 spiro atoms. The van der Waals surface area contributed by atoms with Crippen molar-refractivity contribution in [2.45, 2.75) is 12.5 Å². The van der Waals surface area contributed by atoms with E-state index in [0.717, 1.165) is 0 Å². The van der Waals surface area contributed by atoms with E-state index in [4.69, 9.17) is 11.6 Å². The molecule has 0 fully saturated rings. The number of anilines is 1. The second-order valence-corrected chi connectivity index (χ2v) is 5.38. The summed E-state index contributed by atoms with van der Waals surface area (Å²) in [7, 11) is 1.49. The van der Waals surface area contributed by atoms with Gasteiger partial charge in [-0.25, -0.2) is 0 Å². The van der Waals surface area contributed by atoms with Crippen LogP contribution in [-0.2, 0) is 4.79 Å². The fourth-order valence-corrected chi connectivity index (χ4v) is 2.29. The van der Waals surface area contributed by atoms with Gasteiger partial charge < -0.3 is 15.7 Å². The second kappa shape index (κ2) is 7.76. The number of hydrogen-bond donors (Lipinski definition) is 3. The van der Waals surface area contributed by atoms with Crippen molar-refractivity contribution in [1.82, 2.24) is 5.32 Å². The van der Waals surface area contributed by atoms with Crippen LogP contribution in [0.4, 0.5) is 5.69 Å². The Morgan fingerprint density at radius 2 is 1.87 bits per heavy atom. The van der Waals surface area contributed by atoms with E-state index in [0.29, 0.717) is 16.3 Å². The van der Waals surface area contributed by atoms with Crippen LogP contribution in [0, 0.1) is 0 Å². The largest absolute Gasteiger partial charge is 0.388 e. The Morgan fingerprint density at radius 3 is 2.52 bits per heavy atom. The van der Waals surface area contributed by atoms with Crippen molar-refractivity contribution in [2.75, 3.05) is 12.4 Å². The molecule has 0 heterocycles. The predicted octanol–water partition coefficient (Wildman–Crippen LogP) is 2.76. The number of nitrogens with one attached hydrogen (secondary N) is 2. The highest BCUT2D eigenvalue weighted by Gasteiger charge is 2.16. The number of rotatable bonds is 5. The molecule has 2 amide bonds. The maximum atomic E-state index is 12.1. The van der Waals surface area contributed by atoms with E-state index in [1.165, 1.54) is 13.1 Å². The molecule has 0 aliphatic carbocycles. The maximum absolute atomic E-state index is 12.1. The van der Waals surface area contributed by atoms with Crippen molar-refractivity contribution in [3.05, 3.63) is 64.7 Å². The minimum atomic E-state index is -0.910. The Balaban J connectivity index is 2.10. The summed E-state index contributed by atoms with van der Waals surface area (Å²) in [5.41, 5.74) is 1.27. The summed E-state index contributed by atoms with van der Waals surface area (Å²) in [6.45, 7) is 0. The van der Waals surface area contributed by atoms with Crippen molar-refractivity contribution in [1.29, 1.82) is 0 Å². The molecule has 0 aromatic heterocycles. The number of carbonyl (C=O) groups excluding carboxylic acids is 2. The minimum Gasteiger partial charge on any atom is -0.388 e. The first-order chi connectivity index (χ1) is 11.0. The van der Waals surface area contributed by atoms with Crippen LogP contribution in [0.3, 0.4) is 0 Å². The summed E-state index contributed by atoms with van der Waals surface area (Å²) < 4.78 is 0. The van der Waals surface area contributed by atoms with Gasteiger partial charge in [-0.2, -0.15) is 0 Å². The van der Waals surface area contributed by atoms with Crippen LogP contribution in [-0.4, -0.2) is 24.0 Å². The zero-order chi connectivity index (χ0) is 16.8. The van der Waals surface area contributed by atoms with Gasteiger partial charge in [0.25, 0.3) is 5.91 Å². The van der Waals surface area contributed by atoms with E-state index in [-0.39, 0.29) is 17.9 Å². The van der Waals surface area contributed by atoms with Gasteiger partial charge in [0, 0.05) is 12.1 Å². The molecule has 0 saturated heterocycles. The van der Waals surface area contributed by atoms with Crippen LogP contribution >= 0.6 is 11.6 Å². The number of amides is 2. The molecule has 3 N–H and O–H groups in total. The first kappa shape index (κ1) is 17.0. The minimum absolute atomic E-state index is 0.111. The lowest BCUT2D eigenvalue weighted by molar-refractivity contribution is -0.118. The summed E-state index contributed by atoms with van der Waals surface area (Å²) in [6, 6.07) is 13.5. The molecule has 2 aromatic rings. The highest BCUT2D eigenvalue weighted by Crippen LogP contribution is 2.22. The zero-order valence-electron chi connectivity index (χ0n) is 12.5. The van der Waals surface area contributed by atoms with E-state index in [9.17, 15) is 14.7 Å². The summed E-state index contributed by atoms with van der Waals surface area (Å²) >= 11 is 5.89. The first-order valence-electron chi connectivity index (χ1n) is 7.05.